The van der Waals surface area contributed by atoms with E-state index in [1.54, 1.807) is 7.11 Å². The molecule has 154 valence electrons. The largest absolute Gasteiger partial charge is 0.496 e. The third-order valence-electron chi connectivity index (χ3n) is 5.76. The fraction of sp³-hybridized carbons (Fsp3) is 0.417. The SMILES string of the molecule is COc1ccccc1C1(CNC(=O)CNC(=O)c2cc(C)cc(C)c2)CCCC1. The van der Waals surface area contributed by atoms with Crippen molar-refractivity contribution in [3.05, 3.63) is 64.7 Å². The molecule has 3 rings (SSSR count). The number of ether oxygens (including phenoxy) is 1. The zero-order valence-corrected chi connectivity index (χ0v) is 17.5. The first-order valence-corrected chi connectivity index (χ1v) is 10.2. The number of methoxy groups -OCH3 is 1. The molecule has 0 spiro atoms. The van der Waals surface area contributed by atoms with Crippen LogP contribution in [0.2, 0.25) is 0 Å². The molecule has 0 radical (unpaired) electrons. The monoisotopic (exact) mass is 394 g/mol. The highest BCUT2D eigenvalue weighted by Gasteiger charge is 2.37. The summed E-state index contributed by atoms with van der Waals surface area (Å²) in [6.07, 6.45) is 4.31. The van der Waals surface area contributed by atoms with Gasteiger partial charge >= 0.3 is 0 Å². The third kappa shape index (κ3) is 4.97. The Morgan fingerprint density at radius 3 is 2.31 bits per heavy atom. The van der Waals surface area contributed by atoms with E-state index in [1.807, 2.05) is 50.2 Å². The van der Waals surface area contributed by atoms with Crippen LogP contribution in [0.1, 0.15) is 52.7 Å². The third-order valence-corrected chi connectivity index (χ3v) is 5.76. The van der Waals surface area contributed by atoms with Crippen molar-refractivity contribution < 1.29 is 14.3 Å². The van der Waals surface area contributed by atoms with E-state index >= 15 is 0 Å². The van der Waals surface area contributed by atoms with Gasteiger partial charge in [-0.25, -0.2) is 0 Å². The second-order valence-corrected chi connectivity index (χ2v) is 8.02. The molecule has 0 unspecified atom stereocenters. The van der Waals surface area contributed by atoms with Gasteiger partial charge < -0.3 is 15.4 Å². The van der Waals surface area contributed by atoms with Crippen LogP contribution in [-0.4, -0.2) is 32.0 Å². The van der Waals surface area contributed by atoms with Gasteiger partial charge in [0.1, 0.15) is 5.75 Å². The fourth-order valence-corrected chi connectivity index (χ4v) is 4.37. The average Bonchev–Trinajstić information content (AvgIpc) is 3.19. The fourth-order valence-electron chi connectivity index (χ4n) is 4.37. The van der Waals surface area contributed by atoms with Crippen LogP contribution in [0.15, 0.2) is 42.5 Å². The van der Waals surface area contributed by atoms with E-state index in [-0.39, 0.29) is 23.8 Å². The minimum atomic E-state index is -0.229. The van der Waals surface area contributed by atoms with Crippen LogP contribution in [0.25, 0.3) is 0 Å². The van der Waals surface area contributed by atoms with E-state index in [1.165, 1.54) is 0 Å². The van der Waals surface area contributed by atoms with Crippen molar-refractivity contribution in [1.29, 1.82) is 0 Å². The zero-order chi connectivity index (χ0) is 20.9. The molecule has 0 heterocycles. The van der Waals surface area contributed by atoms with Gasteiger partial charge in [0.15, 0.2) is 0 Å². The second-order valence-electron chi connectivity index (χ2n) is 8.02. The number of carbonyl (C=O) groups is 2. The molecule has 0 atom stereocenters. The highest BCUT2D eigenvalue weighted by molar-refractivity contribution is 5.96. The molecule has 0 bridgehead atoms. The molecule has 5 nitrogen and oxygen atoms in total. The summed E-state index contributed by atoms with van der Waals surface area (Å²) >= 11 is 0. The van der Waals surface area contributed by atoms with Crippen LogP contribution in [0, 0.1) is 13.8 Å². The quantitative estimate of drug-likeness (QED) is 0.753. The number of hydrogen-bond donors (Lipinski definition) is 2. The van der Waals surface area contributed by atoms with Crippen LogP contribution in [0.3, 0.4) is 0 Å². The molecule has 2 aromatic rings. The zero-order valence-electron chi connectivity index (χ0n) is 17.5. The van der Waals surface area contributed by atoms with E-state index < -0.39 is 0 Å². The van der Waals surface area contributed by atoms with Gasteiger partial charge in [0, 0.05) is 23.1 Å². The van der Waals surface area contributed by atoms with E-state index in [9.17, 15) is 9.59 Å². The molecule has 0 aliphatic heterocycles. The summed E-state index contributed by atoms with van der Waals surface area (Å²) in [6, 6.07) is 13.7. The second kappa shape index (κ2) is 9.12. The van der Waals surface area contributed by atoms with Gasteiger partial charge in [0.05, 0.1) is 13.7 Å². The van der Waals surface area contributed by atoms with Crippen LogP contribution in [0.4, 0.5) is 0 Å². The van der Waals surface area contributed by atoms with Gasteiger partial charge in [0.2, 0.25) is 5.91 Å². The summed E-state index contributed by atoms with van der Waals surface area (Å²) in [6.45, 7) is 4.42. The molecule has 2 amide bonds. The lowest BCUT2D eigenvalue weighted by Gasteiger charge is -2.31. The van der Waals surface area contributed by atoms with E-state index in [4.69, 9.17) is 4.74 Å². The maximum atomic E-state index is 12.4. The average molecular weight is 395 g/mol. The van der Waals surface area contributed by atoms with Gasteiger partial charge in [-0.15, -0.1) is 0 Å². The predicted octanol–water partition coefficient (Wildman–Crippen LogP) is 3.67. The molecule has 1 aliphatic rings. The van der Waals surface area contributed by atoms with Crippen molar-refractivity contribution in [3.63, 3.8) is 0 Å². The lowest BCUT2D eigenvalue weighted by atomic mass is 9.78. The van der Waals surface area contributed by atoms with Gasteiger partial charge in [-0.3, -0.25) is 9.59 Å². The Morgan fingerprint density at radius 2 is 1.66 bits per heavy atom. The van der Waals surface area contributed by atoms with Crippen LogP contribution in [0.5, 0.6) is 5.75 Å². The molecule has 1 fully saturated rings. The highest BCUT2D eigenvalue weighted by Crippen LogP contribution is 2.44. The van der Waals surface area contributed by atoms with E-state index in [2.05, 4.69) is 16.7 Å². The Bertz CT molecular complexity index is 865. The molecule has 1 saturated carbocycles. The predicted molar refractivity (Wildman–Crippen MR) is 114 cm³/mol. The minimum Gasteiger partial charge on any atom is -0.496 e. The van der Waals surface area contributed by atoms with Crippen molar-refractivity contribution in [2.24, 2.45) is 0 Å². The Kier molecular flexibility index (Phi) is 6.57. The first kappa shape index (κ1) is 20.9. The number of benzene rings is 2. The summed E-state index contributed by atoms with van der Waals surface area (Å²) < 4.78 is 5.57. The molecule has 0 saturated heterocycles. The molecule has 1 aliphatic carbocycles. The van der Waals surface area contributed by atoms with Crippen molar-refractivity contribution in [2.75, 3.05) is 20.2 Å². The number of para-hydroxylation sites is 1. The maximum Gasteiger partial charge on any atom is 0.251 e. The Hall–Kier alpha value is -2.82. The van der Waals surface area contributed by atoms with Gasteiger partial charge in [-0.2, -0.15) is 0 Å². The summed E-state index contributed by atoms with van der Waals surface area (Å²) in [5, 5.41) is 5.76. The first-order valence-electron chi connectivity index (χ1n) is 10.2. The summed E-state index contributed by atoms with van der Waals surface area (Å²) in [5.41, 5.74) is 3.68. The molecular weight excluding hydrogens is 364 g/mol. The first-order chi connectivity index (χ1) is 13.9. The molecule has 2 N–H and O–H groups in total. The summed E-state index contributed by atoms with van der Waals surface area (Å²) in [4.78, 5) is 24.8. The maximum absolute atomic E-state index is 12.4. The van der Waals surface area contributed by atoms with E-state index in [0.29, 0.717) is 12.1 Å². The number of nitrogens with one attached hydrogen (secondary N) is 2. The number of aryl methyl sites for hydroxylation is 2. The Balaban J connectivity index is 1.60. The van der Waals surface area contributed by atoms with Gasteiger partial charge in [-0.05, 0) is 44.9 Å². The van der Waals surface area contributed by atoms with Crippen molar-refractivity contribution in [2.45, 2.75) is 44.9 Å². The molecule has 2 aromatic carbocycles. The molecule has 0 aromatic heterocycles. The lowest BCUT2D eigenvalue weighted by molar-refractivity contribution is -0.120. The van der Waals surface area contributed by atoms with Crippen molar-refractivity contribution in [3.8, 4) is 5.75 Å². The topological polar surface area (TPSA) is 67.4 Å². The normalized spacial score (nSPS) is 15.0. The number of amides is 2. The van der Waals surface area contributed by atoms with E-state index in [0.717, 1.165) is 48.1 Å². The van der Waals surface area contributed by atoms with Crippen molar-refractivity contribution >= 4 is 11.8 Å². The molecule has 29 heavy (non-hydrogen) atoms. The molecule has 5 heteroatoms. The lowest BCUT2D eigenvalue weighted by Crippen LogP contribution is -2.43. The number of rotatable bonds is 7. The van der Waals surface area contributed by atoms with Gasteiger partial charge in [0.25, 0.3) is 5.91 Å². The Labute approximate surface area is 172 Å². The number of hydrogen-bond acceptors (Lipinski definition) is 3. The minimum absolute atomic E-state index is 0.0339. The smallest absolute Gasteiger partial charge is 0.251 e. The van der Waals surface area contributed by atoms with Gasteiger partial charge in [-0.1, -0.05) is 48.2 Å². The number of carbonyl (C=O) groups excluding carboxylic acids is 2. The standard InChI is InChI=1S/C24H30N2O3/c1-17-12-18(2)14-19(13-17)23(28)25-15-22(27)26-16-24(10-6-7-11-24)20-8-4-5-9-21(20)29-3/h4-5,8-9,12-14H,6-7,10-11,15-16H2,1-3H3,(H,25,28)(H,26,27). The molecular formula is C24H30N2O3. The summed E-state index contributed by atoms with van der Waals surface area (Å²) in [7, 11) is 1.68. The van der Waals surface area contributed by atoms with Crippen LogP contribution in [-0.2, 0) is 10.2 Å². The van der Waals surface area contributed by atoms with Crippen LogP contribution >= 0.6 is 0 Å². The Morgan fingerprint density at radius 1 is 1.00 bits per heavy atom. The van der Waals surface area contributed by atoms with Crippen LogP contribution < -0.4 is 15.4 Å². The highest BCUT2D eigenvalue weighted by atomic mass is 16.5. The summed E-state index contributed by atoms with van der Waals surface area (Å²) in [5.74, 6) is 0.461. The van der Waals surface area contributed by atoms with Crippen molar-refractivity contribution in [1.82, 2.24) is 10.6 Å².